The standard InChI is InChI=1S/C30H39N3O7.C2H6/c1-21(34)39-16-17-40-29(37)32-14-12-31(13-15-32)28(36)24-7-5-6-23-19-33(20-25(23)24)30(2,3)11-10-22-8-9-26(35)27(18-22)38-4;1-2/h5-9,18,35H,10-17,19-20H2,1-4H3;1-2H3. The van der Waals surface area contributed by atoms with Crippen molar-refractivity contribution >= 4 is 18.0 Å². The van der Waals surface area contributed by atoms with Crippen LogP contribution in [0.4, 0.5) is 4.79 Å². The summed E-state index contributed by atoms with van der Waals surface area (Å²) in [5.74, 6) is 0.173. The van der Waals surface area contributed by atoms with Crippen molar-refractivity contribution in [1.29, 1.82) is 0 Å². The Morgan fingerprint density at radius 1 is 0.929 bits per heavy atom. The normalized spacial score (nSPS) is 14.9. The highest BCUT2D eigenvalue weighted by molar-refractivity contribution is 5.96. The highest BCUT2D eigenvalue weighted by atomic mass is 16.6. The van der Waals surface area contributed by atoms with E-state index in [1.807, 2.05) is 38.1 Å². The van der Waals surface area contributed by atoms with Crippen molar-refractivity contribution in [1.82, 2.24) is 14.7 Å². The number of hydrogen-bond donors (Lipinski definition) is 1. The van der Waals surface area contributed by atoms with Crippen molar-refractivity contribution in [3.63, 3.8) is 0 Å². The predicted octanol–water partition coefficient (Wildman–Crippen LogP) is 4.61. The van der Waals surface area contributed by atoms with Gasteiger partial charge < -0.3 is 29.1 Å². The number of piperazine rings is 1. The molecule has 10 nitrogen and oxygen atoms in total. The fourth-order valence-corrected chi connectivity index (χ4v) is 5.20. The average Bonchev–Trinajstić information content (AvgIpc) is 3.45. The first-order valence-electron chi connectivity index (χ1n) is 14.6. The molecule has 1 N–H and O–H groups in total. The number of carbonyl (C=O) groups is 3. The number of esters is 1. The van der Waals surface area contributed by atoms with Crippen molar-refractivity contribution in [2.75, 3.05) is 46.5 Å². The molecule has 2 aromatic carbocycles. The number of phenolic OH excluding ortho intramolecular Hbond substituents is 1. The summed E-state index contributed by atoms with van der Waals surface area (Å²) in [5.41, 5.74) is 3.94. The van der Waals surface area contributed by atoms with Gasteiger partial charge in [-0.2, -0.15) is 0 Å². The van der Waals surface area contributed by atoms with Gasteiger partial charge in [-0.1, -0.05) is 32.0 Å². The molecular formula is C32H45N3O7. The summed E-state index contributed by atoms with van der Waals surface area (Å²) in [6.45, 7) is 12.9. The van der Waals surface area contributed by atoms with Crippen LogP contribution in [0.15, 0.2) is 36.4 Å². The zero-order chi connectivity index (χ0) is 30.9. The van der Waals surface area contributed by atoms with Crippen LogP contribution >= 0.6 is 0 Å². The largest absolute Gasteiger partial charge is 0.504 e. The van der Waals surface area contributed by atoms with Crippen LogP contribution in [0.2, 0.25) is 0 Å². The SMILES string of the molecule is CC.COc1cc(CCC(C)(C)N2Cc3cccc(C(=O)N4CCN(C(=O)OCCOC(C)=O)CC4)c3C2)ccc1O. The van der Waals surface area contributed by atoms with Gasteiger partial charge in [0.1, 0.15) is 13.2 Å². The Bertz CT molecular complexity index is 1240. The number of fused-ring (bicyclic) bond motifs is 1. The molecule has 0 spiro atoms. The van der Waals surface area contributed by atoms with Crippen LogP contribution in [-0.4, -0.2) is 89.8 Å². The Labute approximate surface area is 249 Å². The first kappa shape index (κ1) is 32.7. The molecular weight excluding hydrogens is 538 g/mol. The quantitative estimate of drug-likeness (QED) is 0.337. The smallest absolute Gasteiger partial charge is 0.410 e. The van der Waals surface area contributed by atoms with E-state index in [2.05, 4.69) is 24.8 Å². The van der Waals surface area contributed by atoms with Crippen molar-refractivity contribution in [3.8, 4) is 11.5 Å². The molecule has 230 valence electrons. The monoisotopic (exact) mass is 583 g/mol. The van der Waals surface area contributed by atoms with Crippen LogP contribution < -0.4 is 4.74 Å². The molecule has 0 unspecified atom stereocenters. The van der Waals surface area contributed by atoms with Gasteiger partial charge in [-0.3, -0.25) is 14.5 Å². The summed E-state index contributed by atoms with van der Waals surface area (Å²) in [4.78, 5) is 42.5. The number of phenols is 1. The molecule has 0 atom stereocenters. The number of methoxy groups -OCH3 is 1. The highest BCUT2D eigenvalue weighted by Crippen LogP contribution is 2.35. The lowest BCUT2D eigenvalue weighted by Crippen LogP contribution is -2.51. The molecule has 1 saturated heterocycles. The maximum atomic E-state index is 13.6. The third-order valence-corrected chi connectivity index (χ3v) is 7.78. The zero-order valence-electron chi connectivity index (χ0n) is 25.8. The predicted molar refractivity (Wildman–Crippen MR) is 160 cm³/mol. The maximum absolute atomic E-state index is 13.6. The van der Waals surface area contributed by atoms with Gasteiger partial charge in [0.15, 0.2) is 11.5 Å². The molecule has 2 heterocycles. The number of carbonyl (C=O) groups excluding carboxylic acids is 3. The summed E-state index contributed by atoms with van der Waals surface area (Å²) in [6.07, 6.45) is 1.26. The van der Waals surface area contributed by atoms with E-state index in [0.717, 1.165) is 36.1 Å². The van der Waals surface area contributed by atoms with Crippen LogP contribution in [-0.2, 0) is 33.8 Å². The summed E-state index contributed by atoms with van der Waals surface area (Å²) >= 11 is 0. The van der Waals surface area contributed by atoms with E-state index in [1.165, 1.54) is 12.5 Å². The molecule has 4 rings (SSSR count). The van der Waals surface area contributed by atoms with Gasteiger partial charge >= 0.3 is 12.1 Å². The second-order valence-electron chi connectivity index (χ2n) is 10.9. The first-order valence-corrected chi connectivity index (χ1v) is 14.6. The average molecular weight is 584 g/mol. The molecule has 2 aliphatic heterocycles. The van der Waals surface area contributed by atoms with Crippen LogP contribution in [0.3, 0.4) is 0 Å². The maximum Gasteiger partial charge on any atom is 0.410 e. The van der Waals surface area contributed by atoms with Crippen LogP contribution in [0.25, 0.3) is 0 Å². The van der Waals surface area contributed by atoms with Gasteiger partial charge in [0.25, 0.3) is 5.91 Å². The first-order chi connectivity index (χ1) is 20.1. The molecule has 42 heavy (non-hydrogen) atoms. The Balaban J connectivity index is 0.00000237. The Kier molecular flexibility index (Phi) is 11.6. The number of rotatable bonds is 9. The number of amides is 2. The molecule has 1 fully saturated rings. The van der Waals surface area contributed by atoms with Crippen molar-refractivity contribution in [2.24, 2.45) is 0 Å². The zero-order valence-corrected chi connectivity index (χ0v) is 25.8. The molecule has 2 amide bonds. The molecule has 0 bridgehead atoms. The van der Waals surface area contributed by atoms with Gasteiger partial charge in [0.2, 0.25) is 0 Å². The second kappa shape index (κ2) is 14.9. The Morgan fingerprint density at radius 3 is 2.26 bits per heavy atom. The molecule has 0 radical (unpaired) electrons. The molecule has 10 heteroatoms. The second-order valence-corrected chi connectivity index (χ2v) is 10.9. The Morgan fingerprint density at radius 2 is 1.60 bits per heavy atom. The van der Waals surface area contributed by atoms with E-state index in [9.17, 15) is 19.5 Å². The lowest BCUT2D eigenvalue weighted by molar-refractivity contribution is -0.142. The van der Waals surface area contributed by atoms with Gasteiger partial charge in [0, 0.05) is 57.3 Å². The summed E-state index contributed by atoms with van der Waals surface area (Å²) < 4.78 is 15.2. The summed E-state index contributed by atoms with van der Waals surface area (Å²) in [7, 11) is 1.55. The van der Waals surface area contributed by atoms with E-state index in [4.69, 9.17) is 14.2 Å². The lowest BCUT2D eigenvalue weighted by atomic mass is 9.93. The van der Waals surface area contributed by atoms with Crippen molar-refractivity contribution in [3.05, 3.63) is 58.7 Å². The number of nitrogens with zero attached hydrogens (tertiary/aromatic N) is 3. The number of aryl methyl sites for hydroxylation is 1. The van der Waals surface area contributed by atoms with Crippen molar-refractivity contribution < 1.29 is 33.7 Å². The van der Waals surface area contributed by atoms with E-state index in [-0.39, 0.29) is 30.4 Å². The van der Waals surface area contributed by atoms with E-state index in [0.29, 0.717) is 38.5 Å². The van der Waals surface area contributed by atoms with Gasteiger partial charge in [0.05, 0.1) is 7.11 Å². The van der Waals surface area contributed by atoms with Gasteiger partial charge in [-0.25, -0.2) is 4.79 Å². The van der Waals surface area contributed by atoms with Crippen LogP contribution in [0.5, 0.6) is 11.5 Å². The van der Waals surface area contributed by atoms with Gasteiger partial charge in [-0.15, -0.1) is 0 Å². The molecule has 0 aromatic heterocycles. The summed E-state index contributed by atoms with van der Waals surface area (Å²) in [6, 6.07) is 11.4. The van der Waals surface area contributed by atoms with E-state index >= 15 is 0 Å². The molecule has 0 saturated carbocycles. The number of hydrogen-bond acceptors (Lipinski definition) is 8. The fourth-order valence-electron chi connectivity index (χ4n) is 5.20. The molecule has 0 aliphatic carbocycles. The third-order valence-electron chi connectivity index (χ3n) is 7.78. The van der Waals surface area contributed by atoms with Crippen molar-refractivity contribution in [2.45, 2.75) is 66.1 Å². The third kappa shape index (κ3) is 8.15. The number of aromatic hydroxyl groups is 1. The summed E-state index contributed by atoms with van der Waals surface area (Å²) in [5, 5.41) is 9.89. The molecule has 2 aromatic rings. The number of benzene rings is 2. The minimum absolute atomic E-state index is 0.00366. The van der Waals surface area contributed by atoms with E-state index in [1.54, 1.807) is 23.0 Å². The van der Waals surface area contributed by atoms with E-state index < -0.39 is 12.1 Å². The molecule has 2 aliphatic rings. The highest BCUT2D eigenvalue weighted by Gasteiger charge is 2.35. The van der Waals surface area contributed by atoms with Crippen LogP contribution in [0.1, 0.15) is 68.1 Å². The van der Waals surface area contributed by atoms with Crippen LogP contribution in [0, 0.1) is 0 Å². The Hall–Kier alpha value is -3.79. The minimum Gasteiger partial charge on any atom is -0.504 e. The minimum atomic E-state index is -0.469. The number of ether oxygens (including phenoxy) is 3. The fraction of sp³-hybridized carbons (Fsp3) is 0.531. The lowest BCUT2D eigenvalue weighted by Gasteiger charge is -2.36. The van der Waals surface area contributed by atoms with Gasteiger partial charge in [-0.05, 0) is 61.6 Å². The topological polar surface area (TPSA) is 109 Å².